The zero-order valence-electron chi connectivity index (χ0n) is 39.8. The summed E-state index contributed by atoms with van der Waals surface area (Å²) >= 11 is 14.0. The van der Waals surface area contributed by atoms with Crippen LogP contribution in [0.5, 0.6) is 11.5 Å². The Morgan fingerprint density at radius 2 is 0.986 bits per heavy atom. The molecule has 7 aromatic rings. The molecule has 0 aliphatic heterocycles. The summed E-state index contributed by atoms with van der Waals surface area (Å²) in [6.45, 7) is 9.67. The summed E-state index contributed by atoms with van der Waals surface area (Å²) in [6.07, 6.45) is 0. The molecule has 0 saturated heterocycles. The second-order valence-electron chi connectivity index (χ2n) is 15.2. The number of benzene rings is 4. The van der Waals surface area contributed by atoms with Gasteiger partial charge in [0.15, 0.2) is 0 Å². The highest BCUT2D eigenvalue weighted by Crippen LogP contribution is 2.45. The molecule has 30 heteroatoms. The fourth-order valence-electron chi connectivity index (χ4n) is 7.47. The minimum atomic E-state index is -4.73. The van der Waals surface area contributed by atoms with Gasteiger partial charge in [0.2, 0.25) is 28.1 Å². The molecule has 24 nitrogen and oxygen atoms in total. The average Bonchev–Trinajstić information content (AvgIpc) is 3.96. The number of thiazole rings is 2. The summed E-state index contributed by atoms with van der Waals surface area (Å²) in [5.41, 5.74) is 2.76. The number of rotatable bonds is 23. The molecule has 0 fully saturated rings. The lowest BCUT2D eigenvalue weighted by molar-refractivity contribution is 0.280. The third-order valence-electron chi connectivity index (χ3n) is 10.8. The Morgan fingerprint density at radius 1 is 0.589 bits per heavy atom. The molecule has 3 heterocycles. The normalized spacial score (nSPS) is 12.1. The van der Waals surface area contributed by atoms with Gasteiger partial charge in [-0.15, -0.1) is 20.5 Å². The highest BCUT2D eigenvalue weighted by molar-refractivity contribution is 7.86. The summed E-state index contributed by atoms with van der Waals surface area (Å²) in [4.78, 5) is 27.6. The minimum absolute atomic E-state index is 0.0189. The SMILES string of the molecule is CCN(CC)c1cc(Nc2nc(Nc3cc(N(CC)CC)c(OC)cc3/N=N/c3nc4ccc(Cl)c(S(=O)(=O)O)c4s3)nc(N(CCO)CCO)n2)c(/N=N/c2nc3ccc(Cl)c(S(=O)(=O)O)c3s2)cc1OC. The van der Waals surface area contributed by atoms with E-state index < -0.39 is 30.0 Å². The van der Waals surface area contributed by atoms with Crippen molar-refractivity contribution in [3.63, 3.8) is 0 Å². The quantitative estimate of drug-likeness (QED) is 0.0256. The van der Waals surface area contributed by atoms with Crippen LogP contribution in [-0.2, 0) is 20.2 Å². The highest BCUT2D eigenvalue weighted by atomic mass is 35.5. The van der Waals surface area contributed by atoms with Crippen molar-refractivity contribution >= 4 is 149 Å². The predicted molar refractivity (Wildman–Crippen MR) is 283 cm³/mol. The van der Waals surface area contributed by atoms with E-state index in [0.717, 1.165) is 22.7 Å². The molecule has 0 saturated carbocycles. The van der Waals surface area contributed by atoms with Gasteiger partial charge in [0, 0.05) is 51.4 Å². The van der Waals surface area contributed by atoms with Gasteiger partial charge >= 0.3 is 0 Å². The molecule has 7 rings (SSSR count). The molecular formula is C43H48Cl2N14O10S4. The fourth-order valence-corrected chi connectivity index (χ4v) is 12.3. The van der Waals surface area contributed by atoms with Crippen LogP contribution in [0, 0.1) is 0 Å². The molecular weight excluding hydrogens is 1070 g/mol. The average molecular weight is 1120 g/mol. The van der Waals surface area contributed by atoms with Crippen LogP contribution in [0.25, 0.3) is 20.4 Å². The van der Waals surface area contributed by atoms with Crippen molar-refractivity contribution < 1.29 is 45.6 Å². The van der Waals surface area contributed by atoms with Crippen LogP contribution in [0.4, 0.5) is 62.2 Å². The molecule has 0 unspecified atom stereocenters. The van der Waals surface area contributed by atoms with Crippen LogP contribution >= 0.6 is 45.9 Å². The first-order valence-electron chi connectivity index (χ1n) is 22.0. The van der Waals surface area contributed by atoms with E-state index in [1.54, 1.807) is 29.2 Å². The van der Waals surface area contributed by atoms with Crippen LogP contribution in [0.15, 0.2) is 78.8 Å². The molecule has 0 spiro atoms. The minimum Gasteiger partial charge on any atom is -0.494 e. The van der Waals surface area contributed by atoms with E-state index >= 15 is 0 Å². The summed E-state index contributed by atoms with van der Waals surface area (Å²) < 4.78 is 80.9. The van der Waals surface area contributed by atoms with E-state index in [4.69, 9.17) is 47.6 Å². The Kier molecular flexibility index (Phi) is 17.4. The Hall–Kier alpha value is -6.21. The zero-order valence-corrected chi connectivity index (χ0v) is 44.5. The number of hydrogen-bond donors (Lipinski definition) is 6. The third-order valence-corrected chi connectivity index (χ3v) is 15.8. The smallest absolute Gasteiger partial charge is 0.297 e. The van der Waals surface area contributed by atoms with Crippen molar-refractivity contribution in [1.82, 2.24) is 24.9 Å². The van der Waals surface area contributed by atoms with Crippen molar-refractivity contribution in [2.24, 2.45) is 20.5 Å². The number of nitrogens with one attached hydrogen (secondary N) is 2. The summed E-state index contributed by atoms with van der Waals surface area (Å²) in [7, 11) is -6.45. The predicted octanol–water partition coefficient (Wildman–Crippen LogP) is 9.71. The molecule has 0 amide bonds. The summed E-state index contributed by atoms with van der Waals surface area (Å²) in [5, 5.41) is 44.1. The number of azo groups is 2. The largest absolute Gasteiger partial charge is 0.494 e. The van der Waals surface area contributed by atoms with Crippen LogP contribution in [0.2, 0.25) is 10.0 Å². The second kappa shape index (κ2) is 23.3. The van der Waals surface area contributed by atoms with Gasteiger partial charge in [-0.25, -0.2) is 9.97 Å². The van der Waals surface area contributed by atoms with Crippen molar-refractivity contribution in [3.05, 3.63) is 58.6 Å². The van der Waals surface area contributed by atoms with Gasteiger partial charge in [0.1, 0.15) is 32.7 Å². The van der Waals surface area contributed by atoms with E-state index in [0.29, 0.717) is 60.4 Å². The van der Waals surface area contributed by atoms with E-state index in [1.807, 2.05) is 37.5 Å². The molecule has 0 bridgehead atoms. The highest BCUT2D eigenvalue weighted by Gasteiger charge is 2.25. The number of fused-ring (bicyclic) bond motifs is 2. The molecule has 6 N–H and O–H groups in total. The molecule has 0 aliphatic carbocycles. The monoisotopic (exact) mass is 1120 g/mol. The molecule has 0 atom stereocenters. The lowest BCUT2D eigenvalue weighted by atomic mass is 10.2. The van der Waals surface area contributed by atoms with Crippen LogP contribution in [0.3, 0.4) is 0 Å². The Bertz CT molecular complexity index is 3230. The maximum absolute atomic E-state index is 12.3. The van der Waals surface area contributed by atoms with Gasteiger partial charge < -0.3 is 45.0 Å². The van der Waals surface area contributed by atoms with Gasteiger partial charge in [-0.2, -0.15) is 31.8 Å². The number of aliphatic hydroxyl groups is 2. The molecule has 0 aliphatic rings. The number of halogens is 2. The number of nitrogens with zero attached hydrogens (tertiary/aromatic N) is 12. The van der Waals surface area contributed by atoms with Crippen LogP contribution < -0.4 is 34.8 Å². The maximum atomic E-state index is 12.3. The lowest BCUT2D eigenvalue weighted by Gasteiger charge is -2.25. The van der Waals surface area contributed by atoms with E-state index in [2.05, 4.69) is 41.1 Å². The topological polar surface area (TPSA) is 315 Å². The van der Waals surface area contributed by atoms with Crippen molar-refractivity contribution in [3.8, 4) is 11.5 Å². The van der Waals surface area contributed by atoms with E-state index in [1.165, 1.54) is 38.5 Å². The van der Waals surface area contributed by atoms with Crippen LogP contribution in [0.1, 0.15) is 27.7 Å². The van der Waals surface area contributed by atoms with E-state index in [-0.39, 0.29) is 96.3 Å². The number of aliphatic hydroxyl groups excluding tert-OH is 2. The third kappa shape index (κ3) is 12.3. The fraction of sp³-hybridized carbons (Fsp3) is 0.326. The van der Waals surface area contributed by atoms with Crippen molar-refractivity contribution in [1.29, 1.82) is 0 Å². The number of anilines is 7. The van der Waals surface area contributed by atoms with Gasteiger partial charge in [0.05, 0.1) is 80.7 Å². The first-order chi connectivity index (χ1) is 34.9. The summed E-state index contributed by atoms with van der Waals surface area (Å²) in [5.74, 6) is 0.812. The van der Waals surface area contributed by atoms with Gasteiger partial charge in [-0.1, -0.05) is 45.9 Å². The first-order valence-corrected chi connectivity index (χ1v) is 27.3. The molecule has 0 radical (unpaired) electrons. The Balaban J connectivity index is 1.38. The Morgan fingerprint density at radius 3 is 1.33 bits per heavy atom. The Labute approximate surface area is 436 Å². The molecule has 388 valence electrons. The first kappa shape index (κ1) is 54.6. The van der Waals surface area contributed by atoms with Gasteiger partial charge in [-0.3, -0.25) is 9.11 Å². The van der Waals surface area contributed by atoms with Crippen molar-refractivity contribution in [2.45, 2.75) is 37.5 Å². The maximum Gasteiger partial charge on any atom is 0.297 e. The molecule has 73 heavy (non-hydrogen) atoms. The van der Waals surface area contributed by atoms with E-state index in [9.17, 15) is 36.2 Å². The standard InChI is InChI=1S/C43H48Cl2N14O10S4/c1-7-57(8-2)31-19-27(29(21-33(31)68-5)53-55-42-48-25-13-11-23(44)37(35(25)70-42)72(62,63)64)46-39-50-40(52-41(51-39)59(15-17-60)16-18-61)47-28-20-32(58(9-3)10-4)34(69-6)22-30(28)54-56-43-49-26-14-12-24(45)38(36(26)71-43)73(65,66)67/h11-14,19-22,60-61H,7-10,15-18H2,1-6H3,(H,62,63,64)(H,65,66,67)(H2,46,47,50,51,52)/b55-53+,56-54+. The van der Waals surface area contributed by atoms with Crippen LogP contribution in [-0.4, -0.2) is 128 Å². The number of hydrogen-bond acceptors (Lipinski definition) is 24. The number of ether oxygens (including phenoxy) is 2. The molecule has 3 aromatic heterocycles. The van der Waals surface area contributed by atoms with Gasteiger partial charge in [-0.05, 0) is 64.1 Å². The van der Waals surface area contributed by atoms with Crippen molar-refractivity contribution in [2.75, 3.05) is 92.0 Å². The van der Waals surface area contributed by atoms with Gasteiger partial charge in [0.25, 0.3) is 20.2 Å². The molecule has 4 aromatic carbocycles. The zero-order chi connectivity index (χ0) is 52.8. The lowest BCUT2D eigenvalue weighted by Crippen LogP contribution is -2.31. The number of aromatic nitrogens is 5. The summed E-state index contributed by atoms with van der Waals surface area (Å²) in [6, 6.07) is 12.4. The second-order valence-corrected chi connectivity index (χ2v) is 20.7. The number of methoxy groups -OCH3 is 2.